The molecule has 0 radical (unpaired) electrons. The molecule has 14 heavy (non-hydrogen) atoms. The van der Waals surface area contributed by atoms with Gasteiger partial charge in [-0.05, 0) is 26.7 Å². The second kappa shape index (κ2) is 3.30. The highest BCUT2D eigenvalue weighted by molar-refractivity contribution is 7.09. The minimum Gasteiger partial charge on any atom is -0.249 e. The molecule has 1 aromatic heterocycles. The van der Waals surface area contributed by atoms with Gasteiger partial charge in [0.1, 0.15) is 5.54 Å². The van der Waals surface area contributed by atoms with Crippen molar-refractivity contribution in [2.24, 2.45) is 4.99 Å². The van der Waals surface area contributed by atoms with Crippen molar-refractivity contribution in [3.05, 3.63) is 16.1 Å². The molecule has 1 aromatic rings. The maximum Gasteiger partial charge on any atom is 0.235 e. The van der Waals surface area contributed by atoms with Gasteiger partial charge in [-0.3, -0.25) is 0 Å². The van der Waals surface area contributed by atoms with Crippen LogP contribution in [0, 0.1) is 0 Å². The number of hydrogen-bond acceptors (Lipinski definition) is 4. The van der Waals surface area contributed by atoms with Crippen LogP contribution in [0.5, 0.6) is 0 Å². The van der Waals surface area contributed by atoms with Crippen molar-refractivity contribution in [1.29, 1.82) is 0 Å². The molecule has 1 heterocycles. The number of aromatic nitrogens is 1. The van der Waals surface area contributed by atoms with E-state index in [4.69, 9.17) is 0 Å². The third-order valence-electron chi connectivity index (χ3n) is 2.44. The van der Waals surface area contributed by atoms with Crippen molar-refractivity contribution in [3.63, 3.8) is 0 Å². The summed E-state index contributed by atoms with van der Waals surface area (Å²) in [4.78, 5) is 19.6. The predicted octanol–water partition coefficient (Wildman–Crippen LogP) is 2.59. The van der Waals surface area contributed by atoms with Crippen LogP contribution in [-0.4, -0.2) is 11.1 Å². The molecule has 0 N–H and O–H groups in total. The Kier molecular flexibility index (Phi) is 2.25. The summed E-state index contributed by atoms with van der Waals surface area (Å²) in [5.74, 6) is 0.609. The lowest BCUT2D eigenvalue weighted by Gasteiger charge is -2.16. The lowest BCUT2D eigenvalue weighted by molar-refractivity contribution is 0.525. The van der Waals surface area contributed by atoms with Crippen LogP contribution in [0.25, 0.3) is 0 Å². The summed E-state index contributed by atoms with van der Waals surface area (Å²) < 4.78 is 0. The van der Waals surface area contributed by atoms with E-state index in [1.54, 1.807) is 17.4 Å². The zero-order valence-electron chi connectivity index (χ0n) is 8.28. The van der Waals surface area contributed by atoms with Gasteiger partial charge < -0.3 is 0 Å². The van der Waals surface area contributed by atoms with Gasteiger partial charge in [-0.2, -0.15) is 4.99 Å². The van der Waals surface area contributed by atoms with Crippen LogP contribution in [0.15, 0.2) is 10.5 Å². The Morgan fingerprint density at radius 3 is 2.93 bits per heavy atom. The summed E-state index contributed by atoms with van der Waals surface area (Å²) in [5, 5.41) is 0. The standard InChI is InChI=1S/C10H12N2OS/c1-10(2,12-5-13)9-8(7-3-4-7)11-6-14-9/h6-7H,3-4H2,1-2H3. The second-order valence-electron chi connectivity index (χ2n) is 4.10. The highest BCUT2D eigenvalue weighted by Gasteiger charge is 2.34. The summed E-state index contributed by atoms with van der Waals surface area (Å²) in [7, 11) is 0. The molecule has 4 heteroatoms. The van der Waals surface area contributed by atoms with E-state index in [1.165, 1.54) is 12.8 Å². The van der Waals surface area contributed by atoms with Gasteiger partial charge in [0, 0.05) is 5.92 Å². The highest BCUT2D eigenvalue weighted by Crippen LogP contribution is 2.45. The van der Waals surface area contributed by atoms with Gasteiger partial charge in [-0.25, -0.2) is 9.78 Å². The van der Waals surface area contributed by atoms with E-state index in [1.807, 2.05) is 19.4 Å². The van der Waals surface area contributed by atoms with Crippen molar-refractivity contribution >= 4 is 17.4 Å². The quantitative estimate of drug-likeness (QED) is 0.566. The lowest BCUT2D eigenvalue weighted by Crippen LogP contribution is -2.13. The first-order chi connectivity index (χ1) is 6.65. The maximum atomic E-state index is 10.3. The second-order valence-corrected chi connectivity index (χ2v) is 4.96. The molecule has 0 atom stereocenters. The van der Waals surface area contributed by atoms with E-state index in [0.717, 1.165) is 10.6 Å². The van der Waals surface area contributed by atoms with E-state index < -0.39 is 5.54 Å². The molecule has 0 unspecified atom stereocenters. The van der Waals surface area contributed by atoms with Gasteiger partial charge in [0.15, 0.2) is 0 Å². The van der Waals surface area contributed by atoms with Crippen LogP contribution in [0.2, 0.25) is 0 Å². The van der Waals surface area contributed by atoms with Crippen molar-refractivity contribution in [2.75, 3.05) is 0 Å². The van der Waals surface area contributed by atoms with E-state index in [2.05, 4.69) is 9.98 Å². The average molecular weight is 208 g/mol. The van der Waals surface area contributed by atoms with E-state index in [-0.39, 0.29) is 0 Å². The third-order valence-corrected chi connectivity index (χ3v) is 3.60. The number of aliphatic imine (C=N–C) groups is 1. The molecule has 0 aromatic carbocycles. The molecule has 0 bridgehead atoms. The minimum absolute atomic E-state index is 0.458. The van der Waals surface area contributed by atoms with E-state index in [9.17, 15) is 4.79 Å². The Balaban J connectivity index is 2.38. The molecule has 0 aliphatic heterocycles. The molecule has 1 aliphatic rings. The van der Waals surface area contributed by atoms with Gasteiger partial charge in [0.05, 0.1) is 16.1 Å². The van der Waals surface area contributed by atoms with E-state index >= 15 is 0 Å². The van der Waals surface area contributed by atoms with Crippen LogP contribution in [0.1, 0.15) is 43.2 Å². The van der Waals surface area contributed by atoms with Gasteiger partial charge in [-0.1, -0.05) is 0 Å². The average Bonchev–Trinajstić information content (AvgIpc) is 2.83. The summed E-state index contributed by atoms with van der Waals surface area (Å²) in [6.07, 6.45) is 4.08. The SMILES string of the molecule is CC(C)(N=C=O)c1scnc1C1CC1. The molecule has 1 saturated carbocycles. The number of thiazole rings is 1. The van der Waals surface area contributed by atoms with Gasteiger partial charge in [-0.15, -0.1) is 11.3 Å². The molecular weight excluding hydrogens is 196 g/mol. The van der Waals surface area contributed by atoms with Crippen LogP contribution < -0.4 is 0 Å². The zero-order chi connectivity index (χ0) is 10.2. The van der Waals surface area contributed by atoms with Gasteiger partial charge >= 0.3 is 0 Å². The van der Waals surface area contributed by atoms with Gasteiger partial charge in [0.2, 0.25) is 6.08 Å². The Bertz CT molecular complexity index is 387. The molecule has 1 aliphatic carbocycles. The predicted molar refractivity (Wildman–Crippen MR) is 55.2 cm³/mol. The number of rotatable bonds is 3. The van der Waals surface area contributed by atoms with Crippen molar-refractivity contribution in [3.8, 4) is 0 Å². The first kappa shape index (κ1) is 9.56. The molecule has 1 fully saturated rings. The monoisotopic (exact) mass is 208 g/mol. The molecule has 0 saturated heterocycles. The molecular formula is C10H12N2OS. The molecule has 0 spiro atoms. The van der Waals surface area contributed by atoms with Crippen LogP contribution in [0.4, 0.5) is 0 Å². The fraction of sp³-hybridized carbons (Fsp3) is 0.600. The van der Waals surface area contributed by atoms with Crippen LogP contribution in [0.3, 0.4) is 0 Å². The van der Waals surface area contributed by atoms with Crippen LogP contribution in [-0.2, 0) is 10.3 Å². The van der Waals surface area contributed by atoms with Crippen LogP contribution >= 0.6 is 11.3 Å². The fourth-order valence-electron chi connectivity index (χ4n) is 1.52. The highest BCUT2D eigenvalue weighted by atomic mass is 32.1. The molecule has 3 nitrogen and oxygen atoms in total. The number of hydrogen-bond donors (Lipinski definition) is 0. The van der Waals surface area contributed by atoms with Crippen molar-refractivity contribution in [1.82, 2.24) is 4.98 Å². The topological polar surface area (TPSA) is 42.3 Å². The lowest BCUT2D eigenvalue weighted by atomic mass is 10.0. The maximum absolute atomic E-state index is 10.3. The van der Waals surface area contributed by atoms with Crippen molar-refractivity contribution in [2.45, 2.75) is 38.1 Å². The first-order valence-corrected chi connectivity index (χ1v) is 5.56. The minimum atomic E-state index is -0.458. The first-order valence-electron chi connectivity index (χ1n) is 4.68. The summed E-state index contributed by atoms with van der Waals surface area (Å²) in [6.45, 7) is 3.86. The fourth-order valence-corrected chi connectivity index (χ4v) is 2.47. The number of nitrogens with zero attached hydrogens (tertiary/aromatic N) is 2. The summed E-state index contributed by atoms with van der Waals surface area (Å²) >= 11 is 1.58. The number of isocyanates is 1. The smallest absolute Gasteiger partial charge is 0.235 e. The molecule has 0 amide bonds. The van der Waals surface area contributed by atoms with Crippen molar-refractivity contribution < 1.29 is 4.79 Å². The summed E-state index contributed by atoms with van der Waals surface area (Å²) in [6, 6.07) is 0. The zero-order valence-corrected chi connectivity index (χ0v) is 9.10. The Labute approximate surface area is 86.9 Å². The molecule has 74 valence electrons. The normalized spacial score (nSPS) is 16.4. The number of carbonyl (C=O) groups excluding carboxylic acids is 1. The summed E-state index contributed by atoms with van der Waals surface area (Å²) in [5.41, 5.74) is 2.52. The Morgan fingerprint density at radius 1 is 1.64 bits per heavy atom. The largest absolute Gasteiger partial charge is 0.249 e. The van der Waals surface area contributed by atoms with E-state index in [0.29, 0.717) is 5.92 Å². The Morgan fingerprint density at radius 2 is 2.36 bits per heavy atom. The van der Waals surface area contributed by atoms with Gasteiger partial charge in [0.25, 0.3) is 0 Å². The Hall–Kier alpha value is -0.990. The molecule has 2 rings (SSSR count). The third kappa shape index (κ3) is 1.63.